The first-order chi connectivity index (χ1) is 13.3. The van der Waals surface area contributed by atoms with E-state index in [1.165, 1.54) is 30.3 Å². The molecule has 3 atom stereocenters. The Labute approximate surface area is 193 Å². The molecule has 156 valence electrons. The number of thioether (sulfide) groups is 1. The molecule has 2 N–H and O–H groups in total. The second-order valence-electron chi connectivity index (χ2n) is 6.74. The lowest BCUT2D eigenvalue weighted by Gasteiger charge is -2.33. The smallest absolute Gasteiger partial charge is 0.407 e. The summed E-state index contributed by atoms with van der Waals surface area (Å²) < 4.78 is 41.3. The van der Waals surface area contributed by atoms with Crippen molar-refractivity contribution in [2.24, 2.45) is 0 Å². The van der Waals surface area contributed by atoms with Crippen LogP contribution in [0.4, 0.5) is 13.2 Å². The van der Waals surface area contributed by atoms with Crippen LogP contribution in [0.15, 0.2) is 58.1 Å². The Balaban J connectivity index is 2.25. The molecular weight excluding hydrogens is 532 g/mol. The van der Waals surface area contributed by atoms with Gasteiger partial charge in [0.15, 0.2) is 0 Å². The van der Waals surface area contributed by atoms with Crippen LogP contribution in [-0.4, -0.2) is 21.6 Å². The molecule has 10 heteroatoms. The molecule has 0 aromatic heterocycles. The van der Waals surface area contributed by atoms with E-state index in [1.54, 1.807) is 6.07 Å². The topological polar surface area (TPSA) is 40.5 Å². The fraction of sp³-hybridized carbons (Fsp3) is 0.263. The second kappa shape index (κ2) is 7.88. The number of hydrogen-bond donors (Lipinski definition) is 3. The molecule has 1 aliphatic rings. The predicted molar refractivity (Wildman–Crippen MR) is 117 cm³/mol. The monoisotopic (exact) mass is 544 g/mol. The highest BCUT2D eigenvalue weighted by Crippen LogP contribution is 2.66. The Morgan fingerprint density at radius 1 is 1.17 bits per heavy atom. The Morgan fingerprint density at radius 2 is 1.76 bits per heavy atom. The van der Waals surface area contributed by atoms with Crippen LogP contribution in [0, 0.1) is 0 Å². The van der Waals surface area contributed by atoms with E-state index in [-0.39, 0.29) is 21.2 Å². The van der Waals surface area contributed by atoms with Crippen LogP contribution in [-0.2, 0) is 10.3 Å². The van der Waals surface area contributed by atoms with Gasteiger partial charge >= 0.3 is 6.18 Å². The zero-order valence-corrected chi connectivity index (χ0v) is 19.3. The van der Waals surface area contributed by atoms with Crippen molar-refractivity contribution < 1.29 is 23.4 Å². The van der Waals surface area contributed by atoms with Gasteiger partial charge in [-0.25, -0.2) is 0 Å². The quantitative estimate of drug-likeness (QED) is 0.280. The van der Waals surface area contributed by atoms with Gasteiger partial charge < -0.3 is 10.2 Å². The molecule has 2 aromatic carbocycles. The molecule has 0 aliphatic carbocycles. The molecule has 1 heterocycles. The zero-order valence-electron chi connectivity index (χ0n) is 14.5. The number of thiol groups is 1. The van der Waals surface area contributed by atoms with Crippen LogP contribution in [0.25, 0.3) is 0 Å². The van der Waals surface area contributed by atoms with Crippen molar-refractivity contribution in [1.82, 2.24) is 0 Å². The molecule has 1 saturated heterocycles. The van der Waals surface area contributed by atoms with Gasteiger partial charge in [0, 0.05) is 25.8 Å². The summed E-state index contributed by atoms with van der Waals surface area (Å²) in [6, 6.07) is 8.17. The number of rotatable bonds is 3. The van der Waals surface area contributed by atoms with Gasteiger partial charge in [-0.05, 0) is 57.4 Å². The van der Waals surface area contributed by atoms with Gasteiger partial charge in [0.1, 0.15) is 16.1 Å². The molecule has 2 aromatic rings. The first-order valence-corrected chi connectivity index (χ1v) is 11.0. The van der Waals surface area contributed by atoms with E-state index in [0.717, 1.165) is 0 Å². The number of benzene rings is 2. The SMILES string of the molecule is C=C(O)C1SC(c2cc(Cl)cc(Cl)c2)(C(F)(F)F)CC1(O)c1ccc(S)c(Br)c1. The molecule has 0 bridgehead atoms. The minimum Gasteiger partial charge on any atom is -0.512 e. The minimum absolute atomic E-state index is 0.0358. The van der Waals surface area contributed by atoms with E-state index < -0.39 is 34.0 Å². The van der Waals surface area contributed by atoms with Crippen molar-refractivity contribution in [3.63, 3.8) is 0 Å². The van der Waals surface area contributed by atoms with E-state index in [1.807, 2.05) is 0 Å². The van der Waals surface area contributed by atoms with Gasteiger partial charge in [-0.2, -0.15) is 13.2 Å². The third-order valence-corrected chi connectivity index (χ3v) is 8.51. The summed E-state index contributed by atoms with van der Waals surface area (Å²) in [6.45, 7) is 3.40. The first kappa shape index (κ1) is 23.2. The first-order valence-electron chi connectivity index (χ1n) is 8.10. The number of hydrogen-bond acceptors (Lipinski definition) is 4. The standard InChI is InChI=1S/C19H14BrCl2F3O2S2/c1-9(26)16-17(27,10-2-3-15(28)14(20)6-10)8-18(29-16,19(23,24)25)11-4-12(21)7-13(22)5-11/h2-7,16,26-28H,1,8H2. The van der Waals surface area contributed by atoms with E-state index >= 15 is 0 Å². The molecule has 1 fully saturated rings. The van der Waals surface area contributed by atoms with Crippen LogP contribution < -0.4 is 0 Å². The summed E-state index contributed by atoms with van der Waals surface area (Å²) in [5.74, 6) is -0.567. The Hall–Kier alpha value is -0.510. The highest BCUT2D eigenvalue weighted by atomic mass is 79.9. The Kier molecular flexibility index (Phi) is 6.29. The largest absolute Gasteiger partial charge is 0.512 e. The van der Waals surface area contributed by atoms with Crippen molar-refractivity contribution in [2.45, 2.75) is 33.1 Å². The van der Waals surface area contributed by atoms with Crippen molar-refractivity contribution >= 4 is 63.5 Å². The number of halogens is 6. The number of aliphatic hydroxyl groups excluding tert-OH is 1. The summed E-state index contributed by atoms with van der Waals surface area (Å²) in [7, 11) is 0. The van der Waals surface area contributed by atoms with Crippen LogP contribution >= 0.6 is 63.5 Å². The van der Waals surface area contributed by atoms with Gasteiger partial charge in [0.25, 0.3) is 0 Å². The molecule has 3 rings (SSSR count). The lowest BCUT2D eigenvalue weighted by Crippen LogP contribution is -2.41. The predicted octanol–water partition coefficient (Wildman–Crippen LogP) is 7.27. The second-order valence-corrected chi connectivity index (χ2v) is 10.4. The highest BCUT2D eigenvalue weighted by molar-refractivity contribution is 9.10. The third kappa shape index (κ3) is 4.04. The fourth-order valence-electron chi connectivity index (χ4n) is 3.47. The average Bonchev–Trinajstić information content (AvgIpc) is 2.92. The average molecular weight is 546 g/mol. The lowest BCUT2D eigenvalue weighted by molar-refractivity contribution is -0.172. The number of alkyl halides is 3. The van der Waals surface area contributed by atoms with E-state index in [4.69, 9.17) is 23.2 Å². The van der Waals surface area contributed by atoms with Crippen molar-refractivity contribution in [1.29, 1.82) is 0 Å². The third-order valence-electron chi connectivity index (χ3n) is 4.81. The van der Waals surface area contributed by atoms with Crippen molar-refractivity contribution in [3.05, 3.63) is 74.4 Å². The molecular formula is C19H14BrCl2F3O2S2. The van der Waals surface area contributed by atoms with Crippen LogP contribution in [0.2, 0.25) is 10.0 Å². The maximum atomic E-state index is 14.5. The number of aliphatic hydroxyl groups is 2. The summed E-state index contributed by atoms with van der Waals surface area (Å²) in [5.41, 5.74) is -2.08. The van der Waals surface area contributed by atoms with Gasteiger partial charge in [-0.15, -0.1) is 24.4 Å². The maximum absolute atomic E-state index is 14.5. The van der Waals surface area contributed by atoms with Gasteiger partial charge in [-0.3, -0.25) is 0 Å². The molecule has 0 spiro atoms. The van der Waals surface area contributed by atoms with E-state index in [9.17, 15) is 23.4 Å². The minimum atomic E-state index is -4.79. The zero-order chi connectivity index (χ0) is 21.8. The Bertz CT molecular complexity index is 968. The summed E-state index contributed by atoms with van der Waals surface area (Å²) in [4.78, 5) is 0.547. The summed E-state index contributed by atoms with van der Waals surface area (Å²) in [6.07, 6.45) is -5.56. The summed E-state index contributed by atoms with van der Waals surface area (Å²) >= 11 is 19.8. The molecule has 1 aliphatic heterocycles. The van der Waals surface area contributed by atoms with Crippen molar-refractivity contribution in [3.8, 4) is 0 Å². The van der Waals surface area contributed by atoms with Gasteiger partial charge in [-0.1, -0.05) is 35.8 Å². The van der Waals surface area contributed by atoms with Gasteiger partial charge in [0.05, 0.1) is 5.25 Å². The van der Waals surface area contributed by atoms with Crippen LogP contribution in [0.3, 0.4) is 0 Å². The Morgan fingerprint density at radius 3 is 2.24 bits per heavy atom. The van der Waals surface area contributed by atoms with Crippen molar-refractivity contribution in [2.75, 3.05) is 0 Å². The van der Waals surface area contributed by atoms with Crippen LogP contribution in [0.5, 0.6) is 0 Å². The maximum Gasteiger partial charge on any atom is 0.407 e. The highest BCUT2D eigenvalue weighted by Gasteiger charge is 2.68. The van der Waals surface area contributed by atoms with Crippen LogP contribution in [0.1, 0.15) is 17.5 Å². The molecule has 29 heavy (non-hydrogen) atoms. The van der Waals surface area contributed by atoms with E-state index in [0.29, 0.717) is 21.1 Å². The molecule has 0 saturated carbocycles. The van der Waals surface area contributed by atoms with Gasteiger partial charge in [0.2, 0.25) is 0 Å². The molecule has 0 amide bonds. The normalized spacial score (nSPS) is 27.2. The lowest BCUT2D eigenvalue weighted by atomic mass is 9.79. The fourth-order valence-corrected chi connectivity index (χ4v) is 6.16. The summed E-state index contributed by atoms with van der Waals surface area (Å²) in [5, 5.41) is 20.3. The molecule has 2 nitrogen and oxygen atoms in total. The van der Waals surface area contributed by atoms with E-state index in [2.05, 4.69) is 35.1 Å². The molecule has 0 radical (unpaired) electrons. The molecule has 3 unspecified atom stereocenters.